The van der Waals surface area contributed by atoms with Crippen LogP contribution in [0.3, 0.4) is 0 Å². The molecule has 7 heteroatoms. The average Bonchev–Trinajstić information content (AvgIpc) is 3.28. The quantitative estimate of drug-likeness (QED) is 0.556. The minimum Gasteiger partial charge on any atom is -0.436 e. The number of benzene rings is 2. The Bertz CT molecular complexity index is 997. The van der Waals surface area contributed by atoms with Crippen LogP contribution in [0.5, 0.6) is 0 Å². The minimum atomic E-state index is -0.0699. The topological polar surface area (TPSA) is 73.1 Å². The third-order valence-electron chi connectivity index (χ3n) is 3.80. The lowest BCUT2D eigenvalue weighted by Crippen LogP contribution is -1.93. The summed E-state index contributed by atoms with van der Waals surface area (Å²) < 4.78 is 11.1. The van der Waals surface area contributed by atoms with Gasteiger partial charge in [-0.1, -0.05) is 29.5 Å². The maximum absolute atomic E-state index is 5.83. The van der Waals surface area contributed by atoms with Crippen LogP contribution in [-0.4, -0.2) is 22.3 Å². The number of nitrogens with one attached hydrogen (secondary N) is 1. The lowest BCUT2D eigenvalue weighted by molar-refractivity contribution is 0.118. The maximum atomic E-state index is 5.83. The summed E-state index contributed by atoms with van der Waals surface area (Å²) in [5, 5.41) is 13.1. The van der Waals surface area contributed by atoms with Gasteiger partial charge < -0.3 is 14.5 Å². The van der Waals surface area contributed by atoms with E-state index in [2.05, 4.69) is 20.5 Å². The fourth-order valence-corrected chi connectivity index (χ4v) is 3.18. The summed E-state index contributed by atoms with van der Waals surface area (Å²) >= 11 is 1.47. The molecule has 2 aromatic carbocycles. The average molecular weight is 352 g/mol. The first-order valence-corrected chi connectivity index (χ1v) is 8.64. The van der Waals surface area contributed by atoms with Crippen molar-refractivity contribution in [3.8, 4) is 11.5 Å². The van der Waals surface area contributed by atoms with E-state index < -0.39 is 0 Å². The first-order chi connectivity index (χ1) is 12.2. The van der Waals surface area contributed by atoms with Gasteiger partial charge in [0.05, 0.1) is 0 Å². The van der Waals surface area contributed by atoms with Crippen LogP contribution in [-0.2, 0) is 4.74 Å². The van der Waals surface area contributed by atoms with Crippen molar-refractivity contribution in [3.63, 3.8) is 0 Å². The molecule has 0 amide bonds. The molecule has 1 atom stereocenters. The Morgan fingerprint density at radius 1 is 1.12 bits per heavy atom. The Kier molecular flexibility index (Phi) is 4.17. The van der Waals surface area contributed by atoms with E-state index in [1.165, 1.54) is 11.3 Å². The zero-order valence-corrected chi connectivity index (χ0v) is 14.6. The summed E-state index contributed by atoms with van der Waals surface area (Å²) in [4.78, 5) is 4.57. The number of nitrogens with zero attached hydrogens (tertiary/aromatic N) is 3. The molecule has 0 saturated heterocycles. The molecule has 0 aliphatic heterocycles. The molecular formula is C18H16N4O2S. The molecule has 0 aliphatic rings. The molecule has 126 valence electrons. The van der Waals surface area contributed by atoms with Crippen LogP contribution in [0.4, 0.5) is 10.8 Å². The van der Waals surface area contributed by atoms with Gasteiger partial charge in [0.15, 0.2) is 5.58 Å². The second-order valence-corrected chi connectivity index (χ2v) is 6.53. The molecule has 0 aliphatic carbocycles. The molecule has 0 radical (unpaired) electrons. The number of anilines is 2. The van der Waals surface area contributed by atoms with Crippen LogP contribution in [0.25, 0.3) is 22.6 Å². The minimum absolute atomic E-state index is 0.0699. The Hall–Kier alpha value is -2.77. The highest BCUT2D eigenvalue weighted by atomic mass is 32.1. The monoisotopic (exact) mass is 352 g/mol. The predicted octanol–water partition coefficient (Wildman–Crippen LogP) is 4.80. The summed E-state index contributed by atoms with van der Waals surface area (Å²) in [5.41, 5.74) is 3.37. The highest BCUT2D eigenvalue weighted by Gasteiger charge is 2.12. The number of fused-ring (bicyclic) bond motifs is 1. The van der Waals surface area contributed by atoms with E-state index >= 15 is 0 Å². The van der Waals surface area contributed by atoms with Gasteiger partial charge in [-0.3, -0.25) is 0 Å². The van der Waals surface area contributed by atoms with E-state index in [1.807, 2.05) is 55.5 Å². The van der Waals surface area contributed by atoms with Gasteiger partial charge in [0, 0.05) is 18.4 Å². The number of aromatic nitrogens is 3. The second-order valence-electron chi connectivity index (χ2n) is 5.52. The normalized spacial score (nSPS) is 12.4. The number of rotatable bonds is 5. The van der Waals surface area contributed by atoms with Crippen LogP contribution in [0.15, 0.2) is 52.9 Å². The van der Waals surface area contributed by atoms with E-state index in [0.717, 1.165) is 27.4 Å². The van der Waals surface area contributed by atoms with Crippen LogP contribution in [0.1, 0.15) is 18.0 Å². The molecule has 0 saturated carbocycles. The third kappa shape index (κ3) is 3.24. The summed E-state index contributed by atoms with van der Waals surface area (Å²) in [6.07, 6.45) is -0.0699. The SMILES string of the molecule is COC(C)c1nnc(Nc2ccc3oc(-c4ccccc4)nc3c2)s1. The zero-order chi connectivity index (χ0) is 17.2. The van der Waals surface area contributed by atoms with Crippen molar-refractivity contribution in [3.05, 3.63) is 53.5 Å². The van der Waals surface area contributed by atoms with Crippen molar-refractivity contribution in [2.24, 2.45) is 0 Å². The number of hydrogen-bond acceptors (Lipinski definition) is 7. The molecule has 1 N–H and O–H groups in total. The molecular weight excluding hydrogens is 336 g/mol. The van der Waals surface area contributed by atoms with Gasteiger partial charge in [0.1, 0.15) is 16.6 Å². The molecule has 0 bridgehead atoms. The Labute approximate surface area is 148 Å². The standard InChI is InChI=1S/C18H16N4O2S/c1-11(23-2)17-21-22-18(25-17)19-13-8-9-15-14(10-13)20-16(24-15)12-6-4-3-5-7-12/h3-11H,1-2H3,(H,19,22). The van der Waals surface area contributed by atoms with Gasteiger partial charge in [0.2, 0.25) is 11.0 Å². The fraction of sp³-hybridized carbons (Fsp3) is 0.167. The zero-order valence-electron chi connectivity index (χ0n) is 13.8. The van der Waals surface area contributed by atoms with Crippen molar-refractivity contribution in [1.29, 1.82) is 0 Å². The summed E-state index contributed by atoms with van der Waals surface area (Å²) in [6, 6.07) is 15.6. The Balaban J connectivity index is 1.60. The van der Waals surface area contributed by atoms with Crippen molar-refractivity contribution >= 4 is 33.3 Å². The Morgan fingerprint density at radius 2 is 1.96 bits per heavy atom. The second kappa shape index (κ2) is 6.62. The highest BCUT2D eigenvalue weighted by molar-refractivity contribution is 7.15. The van der Waals surface area contributed by atoms with Gasteiger partial charge in [-0.15, -0.1) is 10.2 Å². The van der Waals surface area contributed by atoms with Gasteiger partial charge >= 0.3 is 0 Å². The van der Waals surface area contributed by atoms with Crippen LogP contribution >= 0.6 is 11.3 Å². The first-order valence-electron chi connectivity index (χ1n) is 7.82. The maximum Gasteiger partial charge on any atom is 0.227 e. The molecule has 1 unspecified atom stereocenters. The Morgan fingerprint density at radius 3 is 2.76 bits per heavy atom. The van der Waals surface area contributed by atoms with Gasteiger partial charge in [0.25, 0.3) is 0 Å². The van der Waals surface area contributed by atoms with Crippen LogP contribution in [0.2, 0.25) is 0 Å². The smallest absolute Gasteiger partial charge is 0.227 e. The molecule has 6 nitrogen and oxygen atoms in total. The van der Waals surface area contributed by atoms with E-state index in [-0.39, 0.29) is 6.10 Å². The van der Waals surface area contributed by atoms with Crippen LogP contribution < -0.4 is 5.32 Å². The van der Waals surface area contributed by atoms with Gasteiger partial charge in [-0.2, -0.15) is 0 Å². The molecule has 4 aromatic rings. The molecule has 0 fully saturated rings. The first kappa shape index (κ1) is 15.7. The van der Waals surface area contributed by atoms with E-state index in [1.54, 1.807) is 7.11 Å². The van der Waals surface area contributed by atoms with E-state index in [4.69, 9.17) is 9.15 Å². The highest BCUT2D eigenvalue weighted by Crippen LogP contribution is 2.29. The van der Waals surface area contributed by atoms with Crippen LogP contribution in [0, 0.1) is 0 Å². The molecule has 25 heavy (non-hydrogen) atoms. The number of methoxy groups -OCH3 is 1. The van der Waals surface area contributed by atoms with E-state index in [0.29, 0.717) is 11.0 Å². The summed E-state index contributed by atoms with van der Waals surface area (Å²) in [6.45, 7) is 1.94. The van der Waals surface area contributed by atoms with Gasteiger partial charge in [-0.25, -0.2) is 4.98 Å². The lowest BCUT2D eigenvalue weighted by Gasteiger charge is -2.03. The summed E-state index contributed by atoms with van der Waals surface area (Å²) in [5.74, 6) is 0.611. The lowest BCUT2D eigenvalue weighted by atomic mass is 10.2. The number of ether oxygens (including phenoxy) is 1. The largest absolute Gasteiger partial charge is 0.436 e. The summed E-state index contributed by atoms with van der Waals surface area (Å²) in [7, 11) is 1.65. The number of oxazole rings is 1. The predicted molar refractivity (Wildman–Crippen MR) is 98.1 cm³/mol. The van der Waals surface area contributed by atoms with Crippen molar-refractivity contribution in [1.82, 2.24) is 15.2 Å². The van der Waals surface area contributed by atoms with Crippen molar-refractivity contribution in [2.45, 2.75) is 13.0 Å². The van der Waals surface area contributed by atoms with Crippen molar-refractivity contribution in [2.75, 3.05) is 12.4 Å². The third-order valence-corrected chi connectivity index (χ3v) is 4.80. The molecule has 2 heterocycles. The molecule has 4 rings (SSSR count). The molecule has 2 aromatic heterocycles. The number of hydrogen-bond donors (Lipinski definition) is 1. The van der Waals surface area contributed by atoms with Crippen molar-refractivity contribution < 1.29 is 9.15 Å². The van der Waals surface area contributed by atoms with Gasteiger partial charge in [-0.05, 0) is 37.3 Å². The fourth-order valence-electron chi connectivity index (χ4n) is 2.38. The molecule has 0 spiro atoms. The van der Waals surface area contributed by atoms with E-state index in [9.17, 15) is 0 Å².